The van der Waals surface area contributed by atoms with Crippen molar-refractivity contribution in [2.75, 3.05) is 33.2 Å². The van der Waals surface area contributed by atoms with Crippen LogP contribution < -0.4 is 10.6 Å². The zero-order valence-electron chi connectivity index (χ0n) is 13.9. The minimum Gasteiger partial charge on any atom is -0.355 e. The second-order valence-electron chi connectivity index (χ2n) is 6.32. The van der Waals surface area contributed by atoms with Crippen LogP contribution in [-0.4, -0.2) is 49.6 Å². The molecule has 0 aromatic rings. The fourth-order valence-electron chi connectivity index (χ4n) is 3.79. The quantitative estimate of drug-likeness (QED) is 0.319. The highest BCUT2D eigenvalue weighted by Crippen LogP contribution is 2.35. The Hall–Kier alpha value is -0.480. The molecular formula is C17H31IN4. The number of hydrogen-bond acceptors (Lipinski definition) is 2. The summed E-state index contributed by atoms with van der Waals surface area (Å²) in [4.78, 5) is 7.01. The Morgan fingerprint density at radius 1 is 1.09 bits per heavy atom. The lowest BCUT2D eigenvalue weighted by molar-refractivity contribution is 0.0368. The molecule has 1 heterocycles. The number of halogens is 1. The van der Waals surface area contributed by atoms with Gasteiger partial charge in [-0.05, 0) is 38.8 Å². The van der Waals surface area contributed by atoms with E-state index in [4.69, 9.17) is 6.42 Å². The highest BCUT2D eigenvalue weighted by molar-refractivity contribution is 14.0. The molecule has 2 N–H and O–H groups in total. The van der Waals surface area contributed by atoms with Crippen LogP contribution in [0.1, 0.15) is 51.4 Å². The van der Waals surface area contributed by atoms with Crippen molar-refractivity contribution in [3.8, 4) is 12.3 Å². The first-order chi connectivity index (χ1) is 10.3. The first-order valence-electron chi connectivity index (χ1n) is 8.44. The van der Waals surface area contributed by atoms with Gasteiger partial charge in [0.25, 0.3) is 0 Å². The van der Waals surface area contributed by atoms with E-state index in [1.165, 1.54) is 64.5 Å². The smallest absolute Gasteiger partial charge is 0.191 e. The molecule has 0 amide bonds. The van der Waals surface area contributed by atoms with Crippen molar-refractivity contribution in [3.05, 3.63) is 0 Å². The van der Waals surface area contributed by atoms with Gasteiger partial charge in [-0.3, -0.25) is 9.89 Å². The number of guanidine groups is 1. The second-order valence-corrected chi connectivity index (χ2v) is 6.32. The fraction of sp³-hybridized carbons (Fsp3) is 0.824. The van der Waals surface area contributed by atoms with Crippen molar-refractivity contribution >= 4 is 29.9 Å². The van der Waals surface area contributed by atoms with E-state index < -0.39 is 0 Å². The van der Waals surface area contributed by atoms with Crippen LogP contribution in [0.2, 0.25) is 0 Å². The summed E-state index contributed by atoms with van der Waals surface area (Å²) < 4.78 is 0. The van der Waals surface area contributed by atoms with Crippen LogP contribution >= 0.6 is 24.0 Å². The number of aliphatic imine (C=N–C) groups is 1. The topological polar surface area (TPSA) is 39.7 Å². The first-order valence-corrected chi connectivity index (χ1v) is 8.44. The maximum atomic E-state index is 5.31. The van der Waals surface area contributed by atoms with Crippen LogP contribution in [-0.2, 0) is 0 Å². The van der Waals surface area contributed by atoms with E-state index in [0.29, 0.717) is 12.1 Å². The zero-order valence-corrected chi connectivity index (χ0v) is 16.2. The van der Waals surface area contributed by atoms with Crippen molar-refractivity contribution in [1.82, 2.24) is 15.5 Å². The standard InChI is InChI=1S/C17H30N4.HI/c1-3-12-19-16(18-2)20-15-17(10-6-4-7-11-17)21-13-8-5-9-14-21;/h1H,4-15H2,2H3,(H2,18,19,20);1H. The van der Waals surface area contributed by atoms with E-state index in [-0.39, 0.29) is 24.0 Å². The Morgan fingerprint density at radius 3 is 2.32 bits per heavy atom. The highest BCUT2D eigenvalue weighted by atomic mass is 127. The van der Waals surface area contributed by atoms with Gasteiger partial charge in [-0.25, -0.2) is 0 Å². The van der Waals surface area contributed by atoms with Crippen molar-refractivity contribution < 1.29 is 0 Å². The zero-order chi connectivity index (χ0) is 15.0. The first kappa shape index (κ1) is 19.6. The molecule has 22 heavy (non-hydrogen) atoms. The van der Waals surface area contributed by atoms with Gasteiger partial charge in [0.15, 0.2) is 5.96 Å². The molecule has 0 aromatic heterocycles. The molecule has 126 valence electrons. The van der Waals surface area contributed by atoms with Crippen molar-refractivity contribution in [1.29, 1.82) is 0 Å². The van der Waals surface area contributed by atoms with E-state index in [1.54, 1.807) is 7.05 Å². The number of likely N-dealkylation sites (tertiary alicyclic amines) is 1. The molecule has 0 aromatic carbocycles. The number of piperidine rings is 1. The molecule has 5 heteroatoms. The number of terminal acetylenes is 1. The number of nitrogens with zero attached hydrogens (tertiary/aromatic N) is 2. The van der Waals surface area contributed by atoms with Gasteiger partial charge in [0, 0.05) is 19.1 Å². The molecule has 2 fully saturated rings. The molecule has 0 radical (unpaired) electrons. The molecule has 0 atom stereocenters. The summed E-state index contributed by atoms with van der Waals surface area (Å²) in [6, 6.07) is 0. The highest BCUT2D eigenvalue weighted by Gasteiger charge is 2.38. The third kappa shape index (κ3) is 5.31. The largest absolute Gasteiger partial charge is 0.355 e. The van der Waals surface area contributed by atoms with Crippen LogP contribution in [0.25, 0.3) is 0 Å². The Kier molecular flexibility index (Phi) is 9.18. The van der Waals surface area contributed by atoms with Gasteiger partial charge < -0.3 is 10.6 Å². The Labute approximate surface area is 152 Å². The Balaban J connectivity index is 0.00000242. The maximum Gasteiger partial charge on any atom is 0.191 e. The molecule has 1 saturated heterocycles. The molecular weight excluding hydrogens is 387 g/mol. The van der Waals surface area contributed by atoms with Crippen molar-refractivity contribution in [2.24, 2.45) is 4.99 Å². The van der Waals surface area contributed by atoms with Crippen molar-refractivity contribution in [2.45, 2.75) is 56.9 Å². The lowest BCUT2D eigenvalue weighted by Crippen LogP contribution is -2.59. The van der Waals surface area contributed by atoms with Gasteiger partial charge in [-0.2, -0.15) is 0 Å². The fourth-order valence-corrected chi connectivity index (χ4v) is 3.79. The lowest BCUT2D eigenvalue weighted by atomic mass is 9.79. The summed E-state index contributed by atoms with van der Waals surface area (Å²) in [6.45, 7) is 4.03. The average molecular weight is 418 g/mol. The third-order valence-corrected chi connectivity index (χ3v) is 4.98. The van der Waals surface area contributed by atoms with E-state index in [0.717, 1.165) is 12.5 Å². The summed E-state index contributed by atoms with van der Waals surface area (Å²) >= 11 is 0. The molecule has 2 aliphatic rings. The van der Waals surface area contributed by atoms with Gasteiger partial charge in [0.1, 0.15) is 0 Å². The molecule has 4 nitrogen and oxygen atoms in total. The maximum absolute atomic E-state index is 5.31. The molecule has 2 rings (SSSR count). The number of nitrogens with one attached hydrogen (secondary N) is 2. The monoisotopic (exact) mass is 418 g/mol. The minimum absolute atomic E-state index is 0. The van der Waals surface area contributed by atoms with E-state index in [2.05, 4.69) is 26.4 Å². The Bertz CT molecular complexity index is 377. The van der Waals surface area contributed by atoms with Gasteiger partial charge in [0.2, 0.25) is 0 Å². The number of hydrogen-bond donors (Lipinski definition) is 2. The van der Waals surface area contributed by atoms with Crippen LogP contribution in [0.15, 0.2) is 4.99 Å². The van der Waals surface area contributed by atoms with Gasteiger partial charge >= 0.3 is 0 Å². The van der Waals surface area contributed by atoms with E-state index in [9.17, 15) is 0 Å². The van der Waals surface area contributed by atoms with Crippen LogP contribution in [0.4, 0.5) is 0 Å². The SMILES string of the molecule is C#CCNC(=NC)NCC1(N2CCCCC2)CCCCC1.I. The molecule has 1 saturated carbocycles. The summed E-state index contributed by atoms with van der Waals surface area (Å²) in [5, 5.41) is 6.68. The van der Waals surface area contributed by atoms with Gasteiger partial charge in [-0.15, -0.1) is 30.4 Å². The molecule has 1 aliphatic carbocycles. The summed E-state index contributed by atoms with van der Waals surface area (Å²) in [5.74, 6) is 3.43. The molecule has 0 unspecified atom stereocenters. The predicted octanol–water partition coefficient (Wildman–Crippen LogP) is 2.59. The summed E-state index contributed by atoms with van der Waals surface area (Å²) in [5.41, 5.74) is 0.326. The summed E-state index contributed by atoms with van der Waals surface area (Å²) in [7, 11) is 1.81. The van der Waals surface area contributed by atoms with Crippen LogP contribution in [0.3, 0.4) is 0 Å². The van der Waals surface area contributed by atoms with E-state index in [1.807, 2.05) is 0 Å². The predicted molar refractivity (Wildman–Crippen MR) is 105 cm³/mol. The normalized spacial score (nSPS) is 22.3. The molecule has 0 spiro atoms. The van der Waals surface area contributed by atoms with Gasteiger partial charge in [-0.1, -0.05) is 31.6 Å². The average Bonchev–Trinajstić information content (AvgIpc) is 2.57. The molecule has 1 aliphatic heterocycles. The summed E-state index contributed by atoms with van der Waals surface area (Å²) in [6.07, 6.45) is 16.1. The van der Waals surface area contributed by atoms with E-state index >= 15 is 0 Å². The minimum atomic E-state index is 0. The van der Waals surface area contributed by atoms with Crippen LogP contribution in [0, 0.1) is 12.3 Å². The molecule has 0 bridgehead atoms. The second kappa shape index (κ2) is 10.3. The van der Waals surface area contributed by atoms with Gasteiger partial charge in [0.05, 0.1) is 6.54 Å². The van der Waals surface area contributed by atoms with Crippen LogP contribution in [0.5, 0.6) is 0 Å². The lowest BCUT2D eigenvalue weighted by Gasteiger charge is -2.48. The Morgan fingerprint density at radius 2 is 1.73 bits per heavy atom. The third-order valence-electron chi connectivity index (χ3n) is 4.98. The number of rotatable bonds is 4. The van der Waals surface area contributed by atoms with Crippen molar-refractivity contribution in [3.63, 3.8) is 0 Å².